The third kappa shape index (κ3) is 4.46. The van der Waals surface area contributed by atoms with Crippen molar-refractivity contribution in [3.05, 3.63) is 24.3 Å². The first kappa shape index (κ1) is 15.8. The van der Waals surface area contributed by atoms with Gasteiger partial charge < -0.3 is 20.5 Å². The van der Waals surface area contributed by atoms with Crippen molar-refractivity contribution in [2.45, 2.75) is 26.3 Å². The molecule has 110 valence electrons. The SMILES string of the molecule is CCC(C)C(NC(=O)Nc1cccc(OC)c1)C(=O)O. The summed E-state index contributed by atoms with van der Waals surface area (Å²) in [6.07, 6.45) is 0.663. The first-order chi connectivity index (χ1) is 9.47. The van der Waals surface area contributed by atoms with E-state index in [1.807, 2.05) is 6.92 Å². The summed E-state index contributed by atoms with van der Waals surface area (Å²) >= 11 is 0. The molecule has 1 aromatic rings. The fraction of sp³-hybridized carbons (Fsp3) is 0.429. The molecule has 20 heavy (non-hydrogen) atoms. The molecule has 0 aromatic heterocycles. The number of anilines is 1. The van der Waals surface area contributed by atoms with Crippen LogP contribution in [-0.4, -0.2) is 30.3 Å². The Balaban J connectivity index is 2.68. The van der Waals surface area contributed by atoms with Gasteiger partial charge in [-0.2, -0.15) is 0 Å². The number of aliphatic carboxylic acids is 1. The van der Waals surface area contributed by atoms with Gasteiger partial charge in [-0.15, -0.1) is 0 Å². The molecule has 1 aromatic carbocycles. The largest absolute Gasteiger partial charge is 0.497 e. The maximum Gasteiger partial charge on any atom is 0.326 e. The average Bonchev–Trinajstić information content (AvgIpc) is 2.43. The van der Waals surface area contributed by atoms with Gasteiger partial charge in [0.15, 0.2) is 0 Å². The second-order valence-electron chi connectivity index (χ2n) is 4.53. The minimum atomic E-state index is -1.04. The maximum absolute atomic E-state index is 11.8. The molecule has 0 saturated heterocycles. The molecule has 2 unspecified atom stereocenters. The molecule has 0 aliphatic heterocycles. The Labute approximate surface area is 118 Å². The number of rotatable bonds is 6. The molecule has 0 bridgehead atoms. The van der Waals surface area contributed by atoms with Crippen LogP contribution in [0.5, 0.6) is 5.75 Å². The molecule has 2 amide bonds. The van der Waals surface area contributed by atoms with Crippen molar-refractivity contribution < 1.29 is 19.4 Å². The molecule has 6 heteroatoms. The third-order valence-electron chi connectivity index (χ3n) is 3.09. The monoisotopic (exact) mass is 280 g/mol. The van der Waals surface area contributed by atoms with Crippen molar-refractivity contribution in [1.82, 2.24) is 5.32 Å². The fourth-order valence-corrected chi connectivity index (χ4v) is 1.69. The molecule has 0 radical (unpaired) electrons. The third-order valence-corrected chi connectivity index (χ3v) is 3.09. The lowest BCUT2D eigenvalue weighted by atomic mass is 9.99. The highest BCUT2D eigenvalue weighted by atomic mass is 16.5. The van der Waals surface area contributed by atoms with E-state index >= 15 is 0 Å². The van der Waals surface area contributed by atoms with Crippen LogP contribution in [0.15, 0.2) is 24.3 Å². The normalized spacial score (nSPS) is 13.2. The van der Waals surface area contributed by atoms with Crippen molar-refractivity contribution in [2.75, 3.05) is 12.4 Å². The molecular weight excluding hydrogens is 260 g/mol. The second-order valence-corrected chi connectivity index (χ2v) is 4.53. The fourth-order valence-electron chi connectivity index (χ4n) is 1.69. The molecule has 1 rings (SSSR count). The first-order valence-corrected chi connectivity index (χ1v) is 6.42. The topological polar surface area (TPSA) is 87.7 Å². The van der Waals surface area contributed by atoms with Crippen LogP contribution in [0, 0.1) is 5.92 Å². The van der Waals surface area contributed by atoms with Crippen molar-refractivity contribution in [3.63, 3.8) is 0 Å². The standard InChI is InChI=1S/C14H20N2O4/c1-4-9(2)12(13(17)18)16-14(19)15-10-6-5-7-11(8-10)20-3/h5-9,12H,4H2,1-3H3,(H,17,18)(H2,15,16,19). The van der Waals surface area contributed by atoms with Crippen LogP contribution in [0.3, 0.4) is 0 Å². The summed E-state index contributed by atoms with van der Waals surface area (Å²) in [5, 5.41) is 14.2. The van der Waals surface area contributed by atoms with E-state index in [1.165, 1.54) is 7.11 Å². The van der Waals surface area contributed by atoms with Gasteiger partial charge in [-0.05, 0) is 18.1 Å². The van der Waals surface area contributed by atoms with Gasteiger partial charge in [0.25, 0.3) is 0 Å². The number of benzene rings is 1. The summed E-state index contributed by atoms with van der Waals surface area (Å²) in [6.45, 7) is 3.66. The van der Waals surface area contributed by atoms with E-state index in [-0.39, 0.29) is 5.92 Å². The average molecular weight is 280 g/mol. The molecule has 0 heterocycles. The number of urea groups is 1. The highest BCUT2D eigenvalue weighted by Gasteiger charge is 2.25. The number of nitrogens with one attached hydrogen (secondary N) is 2. The second kappa shape index (κ2) is 7.37. The van der Waals surface area contributed by atoms with Gasteiger partial charge in [-0.1, -0.05) is 26.3 Å². The van der Waals surface area contributed by atoms with E-state index in [2.05, 4.69) is 10.6 Å². The van der Waals surface area contributed by atoms with Crippen molar-refractivity contribution >= 4 is 17.7 Å². The predicted molar refractivity (Wildman–Crippen MR) is 76.0 cm³/mol. The summed E-state index contributed by atoms with van der Waals surface area (Å²) in [5.41, 5.74) is 0.537. The molecule has 0 saturated carbocycles. The Morgan fingerprint density at radius 2 is 2.10 bits per heavy atom. The van der Waals surface area contributed by atoms with Gasteiger partial charge in [0, 0.05) is 11.8 Å². The Morgan fingerprint density at radius 3 is 2.65 bits per heavy atom. The van der Waals surface area contributed by atoms with Crippen LogP contribution in [0.25, 0.3) is 0 Å². The lowest BCUT2D eigenvalue weighted by molar-refractivity contribution is -0.140. The van der Waals surface area contributed by atoms with Gasteiger partial charge in [-0.25, -0.2) is 9.59 Å². The molecule has 0 aliphatic rings. The summed E-state index contributed by atoms with van der Waals surface area (Å²) in [6, 6.07) is 5.37. The number of amides is 2. The van der Waals surface area contributed by atoms with Crippen LogP contribution in [0.4, 0.5) is 10.5 Å². The van der Waals surface area contributed by atoms with Crippen LogP contribution < -0.4 is 15.4 Å². The van der Waals surface area contributed by atoms with E-state index in [4.69, 9.17) is 9.84 Å². The van der Waals surface area contributed by atoms with Gasteiger partial charge in [0.05, 0.1) is 7.11 Å². The van der Waals surface area contributed by atoms with Crippen molar-refractivity contribution in [3.8, 4) is 5.75 Å². The molecule has 3 N–H and O–H groups in total. The Hall–Kier alpha value is -2.24. The molecule has 6 nitrogen and oxygen atoms in total. The van der Waals surface area contributed by atoms with Gasteiger partial charge in [-0.3, -0.25) is 0 Å². The number of carboxylic acid groups (broad SMARTS) is 1. The highest BCUT2D eigenvalue weighted by Crippen LogP contribution is 2.16. The zero-order valence-electron chi connectivity index (χ0n) is 11.8. The van der Waals surface area contributed by atoms with Gasteiger partial charge >= 0.3 is 12.0 Å². The van der Waals surface area contributed by atoms with Gasteiger partial charge in [0.1, 0.15) is 11.8 Å². The zero-order valence-corrected chi connectivity index (χ0v) is 11.8. The highest BCUT2D eigenvalue weighted by molar-refractivity contribution is 5.92. The van der Waals surface area contributed by atoms with E-state index in [1.54, 1.807) is 31.2 Å². The molecule has 2 atom stereocenters. The number of carboxylic acids is 1. The Bertz CT molecular complexity index is 476. The minimum Gasteiger partial charge on any atom is -0.497 e. The summed E-state index contributed by atoms with van der Waals surface area (Å²) in [4.78, 5) is 22.9. The van der Waals surface area contributed by atoms with Crippen LogP contribution in [-0.2, 0) is 4.79 Å². The maximum atomic E-state index is 11.8. The summed E-state index contributed by atoms with van der Waals surface area (Å²) in [5.74, 6) is -0.580. The van der Waals surface area contributed by atoms with Crippen LogP contribution in [0.1, 0.15) is 20.3 Å². The molecule has 0 fully saturated rings. The van der Waals surface area contributed by atoms with Crippen LogP contribution >= 0.6 is 0 Å². The number of hydrogen-bond acceptors (Lipinski definition) is 3. The van der Waals surface area contributed by atoms with Gasteiger partial charge in [0.2, 0.25) is 0 Å². The number of hydrogen-bond donors (Lipinski definition) is 3. The van der Waals surface area contributed by atoms with E-state index < -0.39 is 18.0 Å². The van der Waals surface area contributed by atoms with E-state index in [0.717, 1.165) is 0 Å². The Kier molecular flexibility index (Phi) is 5.83. The predicted octanol–water partition coefficient (Wildman–Crippen LogP) is 2.32. The number of carbonyl (C=O) groups is 2. The first-order valence-electron chi connectivity index (χ1n) is 6.42. The summed E-state index contributed by atoms with van der Waals surface area (Å²) in [7, 11) is 1.53. The molecular formula is C14H20N2O4. The van der Waals surface area contributed by atoms with Crippen LogP contribution in [0.2, 0.25) is 0 Å². The van der Waals surface area contributed by atoms with E-state index in [0.29, 0.717) is 17.9 Å². The van der Waals surface area contributed by atoms with Crippen molar-refractivity contribution in [2.24, 2.45) is 5.92 Å². The lowest BCUT2D eigenvalue weighted by Crippen LogP contribution is -2.46. The molecule has 0 spiro atoms. The zero-order chi connectivity index (χ0) is 15.1. The Morgan fingerprint density at radius 1 is 1.40 bits per heavy atom. The number of carbonyl (C=O) groups excluding carboxylic acids is 1. The minimum absolute atomic E-state index is 0.149. The number of ether oxygens (including phenoxy) is 1. The number of methoxy groups -OCH3 is 1. The molecule has 0 aliphatic carbocycles. The lowest BCUT2D eigenvalue weighted by Gasteiger charge is -2.20. The summed E-state index contributed by atoms with van der Waals surface area (Å²) < 4.78 is 5.05. The van der Waals surface area contributed by atoms with Crippen molar-refractivity contribution in [1.29, 1.82) is 0 Å². The quantitative estimate of drug-likeness (QED) is 0.746. The smallest absolute Gasteiger partial charge is 0.326 e. The van der Waals surface area contributed by atoms with E-state index in [9.17, 15) is 9.59 Å².